The predicted octanol–water partition coefficient (Wildman–Crippen LogP) is 4.63. The number of aryl methyl sites for hydroxylation is 1. The minimum atomic E-state index is -0.0951. The summed E-state index contributed by atoms with van der Waals surface area (Å²) in [4.78, 5) is 25.4. The van der Waals surface area contributed by atoms with Gasteiger partial charge in [-0.1, -0.05) is 45.0 Å². The Morgan fingerprint density at radius 1 is 1.03 bits per heavy atom. The highest BCUT2D eigenvalue weighted by atomic mass is 16.5. The van der Waals surface area contributed by atoms with Gasteiger partial charge in [0, 0.05) is 35.6 Å². The number of anilines is 1. The molecule has 0 saturated carbocycles. The minimum absolute atomic E-state index is 0.00181. The molecule has 0 saturated heterocycles. The van der Waals surface area contributed by atoms with Gasteiger partial charge in [0.2, 0.25) is 5.91 Å². The third-order valence-electron chi connectivity index (χ3n) is 4.75. The monoisotopic (exact) mass is 392 g/mol. The average molecular weight is 392 g/mol. The Morgan fingerprint density at radius 2 is 1.79 bits per heavy atom. The van der Waals surface area contributed by atoms with E-state index in [-0.39, 0.29) is 16.9 Å². The van der Waals surface area contributed by atoms with E-state index in [1.165, 1.54) is 0 Å². The molecule has 3 rings (SSSR count). The molecule has 5 nitrogen and oxygen atoms in total. The van der Waals surface area contributed by atoms with Crippen LogP contribution in [0.4, 0.5) is 5.69 Å². The van der Waals surface area contributed by atoms with Crippen LogP contribution in [0, 0.1) is 5.41 Å². The molecule has 2 aromatic carbocycles. The fraction of sp³-hybridized carbons (Fsp3) is 0.333. The lowest BCUT2D eigenvalue weighted by molar-refractivity contribution is -0.116. The molecule has 29 heavy (non-hydrogen) atoms. The summed E-state index contributed by atoms with van der Waals surface area (Å²) in [5.74, 6) is 0.687. The number of benzene rings is 2. The number of nitrogens with zero attached hydrogens (tertiary/aromatic N) is 1. The number of fused-ring (bicyclic) bond motifs is 1. The Balaban J connectivity index is 1.78. The van der Waals surface area contributed by atoms with E-state index in [0.29, 0.717) is 30.5 Å². The van der Waals surface area contributed by atoms with E-state index in [1.807, 2.05) is 36.4 Å². The molecule has 152 valence electrons. The van der Waals surface area contributed by atoms with Gasteiger partial charge in [-0.2, -0.15) is 0 Å². The van der Waals surface area contributed by atoms with Crippen LogP contribution in [-0.2, 0) is 17.8 Å². The number of methoxy groups -OCH3 is 1. The largest absolute Gasteiger partial charge is 0.496 e. The number of hydrogen-bond donors (Lipinski definition) is 1. The Labute approximate surface area is 171 Å². The van der Waals surface area contributed by atoms with Gasteiger partial charge in [-0.25, -0.2) is 0 Å². The minimum Gasteiger partial charge on any atom is -0.496 e. The second-order valence-electron chi connectivity index (χ2n) is 8.44. The number of amides is 1. The summed E-state index contributed by atoms with van der Waals surface area (Å²) in [6.07, 6.45) is 2.72. The molecular weight excluding hydrogens is 364 g/mol. The van der Waals surface area contributed by atoms with E-state index < -0.39 is 0 Å². The quantitative estimate of drug-likeness (QED) is 0.665. The Bertz CT molecular complexity index is 1080. The normalized spacial score (nSPS) is 11.4. The van der Waals surface area contributed by atoms with Gasteiger partial charge in [0.25, 0.3) is 5.56 Å². The van der Waals surface area contributed by atoms with Crippen molar-refractivity contribution in [2.24, 2.45) is 5.41 Å². The smallest absolute Gasteiger partial charge is 0.258 e. The lowest BCUT2D eigenvalue weighted by Crippen LogP contribution is -2.26. The number of rotatable bonds is 6. The zero-order valence-electron chi connectivity index (χ0n) is 17.5. The van der Waals surface area contributed by atoms with Gasteiger partial charge in [0.15, 0.2) is 0 Å². The van der Waals surface area contributed by atoms with Crippen LogP contribution < -0.4 is 15.6 Å². The summed E-state index contributed by atoms with van der Waals surface area (Å²) in [5, 5.41) is 4.33. The number of ether oxygens (including phenoxy) is 1. The van der Waals surface area contributed by atoms with Crippen molar-refractivity contribution in [2.45, 2.75) is 40.2 Å². The first kappa shape index (κ1) is 20.6. The van der Waals surface area contributed by atoms with Crippen molar-refractivity contribution in [3.8, 4) is 5.75 Å². The summed E-state index contributed by atoms with van der Waals surface area (Å²) in [6, 6.07) is 15.0. The van der Waals surface area contributed by atoms with Crippen LogP contribution in [-0.4, -0.2) is 17.6 Å². The molecular formula is C24H28N2O3. The lowest BCUT2D eigenvalue weighted by Gasteiger charge is -2.20. The van der Waals surface area contributed by atoms with Gasteiger partial charge in [0.1, 0.15) is 5.75 Å². The van der Waals surface area contributed by atoms with Crippen LogP contribution in [0.5, 0.6) is 5.75 Å². The number of nitrogens with one attached hydrogen (secondary N) is 1. The molecule has 1 N–H and O–H groups in total. The lowest BCUT2D eigenvalue weighted by atomic mass is 9.96. The fourth-order valence-electron chi connectivity index (χ4n) is 3.43. The van der Waals surface area contributed by atoms with Crippen molar-refractivity contribution in [1.82, 2.24) is 4.57 Å². The van der Waals surface area contributed by atoms with Crippen molar-refractivity contribution in [3.05, 3.63) is 70.6 Å². The van der Waals surface area contributed by atoms with E-state index in [1.54, 1.807) is 30.0 Å². The first-order valence-electron chi connectivity index (χ1n) is 9.82. The summed E-state index contributed by atoms with van der Waals surface area (Å²) in [7, 11) is 1.63. The number of carbonyl (C=O) groups is 1. The third-order valence-corrected chi connectivity index (χ3v) is 4.75. The van der Waals surface area contributed by atoms with Crippen molar-refractivity contribution >= 4 is 22.4 Å². The molecule has 1 aromatic heterocycles. The number of para-hydroxylation sites is 1. The average Bonchev–Trinajstić information content (AvgIpc) is 2.68. The Hall–Kier alpha value is -3.08. The van der Waals surface area contributed by atoms with Crippen molar-refractivity contribution < 1.29 is 9.53 Å². The highest BCUT2D eigenvalue weighted by Crippen LogP contribution is 2.23. The molecule has 0 spiro atoms. The van der Waals surface area contributed by atoms with Gasteiger partial charge in [0.05, 0.1) is 7.11 Å². The van der Waals surface area contributed by atoms with Crippen molar-refractivity contribution in [3.63, 3.8) is 0 Å². The predicted molar refractivity (Wildman–Crippen MR) is 118 cm³/mol. The number of carbonyl (C=O) groups excluding carboxylic acids is 1. The maximum Gasteiger partial charge on any atom is 0.258 e. The highest BCUT2D eigenvalue weighted by molar-refractivity contribution is 6.01. The highest BCUT2D eigenvalue weighted by Gasteiger charge is 2.15. The molecule has 0 aliphatic rings. The van der Waals surface area contributed by atoms with E-state index >= 15 is 0 Å². The fourth-order valence-corrected chi connectivity index (χ4v) is 3.43. The molecule has 0 bridgehead atoms. The van der Waals surface area contributed by atoms with Crippen LogP contribution in [0.2, 0.25) is 0 Å². The SMILES string of the molecule is COc1ccccc1CCC(=O)Nc1cccc2c(=O)n(CC(C)(C)C)ccc12. The van der Waals surface area contributed by atoms with Crippen LogP contribution in [0.1, 0.15) is 32.8 Å². The van der Waals surface area contributed by atoms with Gasteiger partial charge in [-0.15, -0.1) is 0 Å². The van der Waals surface area contributed by atoms with E-state index in [0.717, 1.165) is 16.7 Å². The van der Waals surface area contributed by atoms with Crippen molar-refractivity contribution in [2.75, 3.05) is 12.4 Å². The van der Waals surface area contributed by atoms with E-state index in [9.17, 15) is 9.59 Å². The van der Waals surface area contributed by atoms with Crippen molar-refractivity contribution in [1.29, 1.82) is 0 Å². The molecule has 0 atom stereocenters. The van der Waals surface area contributed by atoms with Crippen LogP contribution in [0.3, 0.4) is 0 Å². The third kappa shape index (κ3) is 5.05. The number of aromatic nitrogens is 1. The Kier molecular flexibility index (Phi) is 6.06. The van der Waals surface area contributed by atoms with E-state index in [4.69, 9.17) is 4.74 Å². The molecule has 0 aliphatic heterocycles. The topological polar surface area (TPSA) is 60.3 Å². The van der Waals surface area contributed by atoms with Gasteiger partial charge >= 0.3 is 0 Å². The summed E-state index contributed by atoms with van der Waals surface area (Å²) < 4.78 is 7.08. The molecule has 0 fully saturated rings. The van der Waals surface area contributed by atoms with Crippen LogP contribution in [0.25, 0.3) is 10.8 Å². The molecule has 3 aromatic rings. The van der Waals surface area contributed by atoms with Gasteiger partial charge in [-0.3, -0.25) is 9.59 Å². The molecule has 1 amide bonds. The first-order chi connectivity index (χ1) is 13.8. The van der Waals surface area contributed by atoms with Gasteiger partial charge in [-0.05, 0) is 41.7 Å². The molecule has 5 heteroatoms. The molecule has 0 radical (unpaired) electrons. The van der Waals surface area contributed by atoms with E-state index in [2.05, 4.69) is 26.1 Å². The zero-order chi connectivity index (χ0) is 21.0. The summed E-state index contributed by atoms with van der Waals surface area (Å²) in [5.41, 5.74) is 1.62. The first-order valence-corrected chi connectivity index (χ1v) is 9.82. The summed E-state index contributed by atoms with van der Waals surface area (Å²) in [6.45, 7) is 6.93. The number of hydrogen-bond acceptors (Lipinski definition) is 3. The second-order valence-corrected chi connectivity index (χ2v) is 8.44. The van der Waals surface area contributed by atoms with Gasteiger partial charge < -0.3 is 14.6 Å². The molecule has 0 unspecified atom stereocenters. The molecule has 1 heterocycles. The zero-order valence-corrected chi connectivity index (χ0v) is 17.5. The standard InChI is InChI=1S/C24H28N2O3/c1-24(2,3)16-26-15-14-18-19(23(26)28)9-7-10-20(18)25-22(27)13-12-17-8-5-6-11-21(17)29-4/h5-11,14-15H,12-13,16H2,1-4H3,(H,25,27). The number of pyridine rings is 1. The maximum atomic E-state index is 12.9. The van der Waals surface area contributed by atoms with Crippen LogP contribution >= 0.6 is 0 Å². The maximum absolute atomic E-state index is 12.9. The van der Waals surface area contributed by atoms with Crippen LogP contribution in [0.15, 0.2) is 59.5 Å². The Morgan fingerprint density at radius 3 is 2.52 bits per heavy atom. The molecule has 0 aliphatic carbocycles. The second kappa shape index (κ2) is 8.52. The summed E-state index contributed by atoms with van der Waals surface area (Å²) >= 11 is 0.